The first-order chi connectivity index (χ1) is 10.3. The molecule has 0 atom stereocenters. The van der Waals surface area contributed by atoms with E-state index in [2.05, 4.69) is 10.2 Å². The SMILES string of the molecule is COCOc1ccccc1-c1cc2cc(N)ccc2nn1. The number of fused-ring (bicyclic) bond motifs is 1. The summed E-state index contributed by atoms with van der Waals surface area (Å²) in [4.78, 5) is 0. The monoisotopic (exact) mass is 281 g/mol. The van der Waals surface area contributed by atoms with Gasteiger partial charge in [-0.3, -0.25) is 0 Å². The van der Waals surface area contributed by atoms with E-state index in [0.717, 1.165) is 22.2 Å². The number of methoxy groups -OCH3 is 1. The first kappa shape index (κ1) is 13.3. The van der Waals surface area contributed by atoms with E-state index >= 15 is 0 Å². The fourth-order valence-corrected chi connectivity index (χ4v) is 2.12. The molecule has 1 aromatic heterocycles. The zero-order valence-corrected chi connectivity index (χ0v) is 11.6. The van der Waals surface area contributed by atoms with Crippen LogP contribution >= 0.6 is 0 Å². The van der Waals surface area contributed by atoms with Crippen LogP contribution in [-0.4, -0.2) is 24.1 Å². The van der Waals surface area contributed by atoms with Gasteiger partial charge in [-0.05, 0) is 36.4 Å². The second kappa shape index (κ2) is 5.76. The van der Waals surface area contributed by atoms with Crippen molar-refractivity contribution in [3.63, 3.8) is 0 Å². The van der Waals surface area contributed by atoms with Crippen LogP contribution < -0.4 is 10.5 Å². The molecule has 0 aliphatic carbocycles. The molecule has 0 aliphatic rings. The summed E-state index contributed by atoms with van der Waals surface area (Å²) in [6.07, 6.45) is 0. The highest BCUT2D eigenvalue weighted by atomic mass is 16.7. The largest absolute Gasteiger partial charge is 0.467 e. The fourth-order valence-electron chi connectivity index (χ4n) is 2.12. The molecule has 3 rings (SSSR count). The summed E-state index contributed by atoms with van der Waals surface area (Å²) in [7, 11) is 1.58. The van der Waals surface area contributed by atoms with Crippen molar-refractivity contribution in [1.82, 2.24) is 10.2 Å². The third-order valence-electron chi connectivity index (χ3n) is 3.10. The van der Waals surface area contributed by atoms with Gasteiger partial charge in [0, 0.05) is 23.7 Å². The Kier molecular flexibility index (Phi) is 3.66. The molecule has 0 radical (unpaired) electrons. The Balaban J connectivity index is 2.07. The van der Waals surface area contributed by atoms with Crippen LogP contribution in [0.5, 0.6) is 5.75 Å². The van der Waals surface area contributed by atoms with Gasteiger partial charge in [-0.15, -0.1) is 10.2 Å². The Bertz CT molecular complexity index is 774. The van der Waals surface area contributed by atoms with Gasteiger partial charge >= 0.3 is 0 Å². The van der Waals surface area contributed by atoms with Gasteiger partial charge in [-0.1, -0.05) is 12.1 Å². The fraction of sp³-hybridized carbons (Fsp3) is 0.125. The van der Waals surface area contributed by atoms with Crippen LogP contribution in [0.4, 0.5) is 5.69 Å². The predicted octanol–water partition coefficient (Wildman–Crippen LogP) is 2.86. The molecule has 1 heterocycles. The van der Waals surface area contributed by atoms with Crippen LogP contribution in [0.25, 0.3) is 22.2 Å². The van der Waals surface area contributed by atoms with Crippen molar-refractivity contribution >= 4 is 16.6 Å². The zero-order chi connectivity index (χ0) is 14.7. The number of hydrogen-bond donors (Lipinski definition) is 1. The van der Waals surface area contributed by atoms with Crippen molar-refractivity contribution in [2.45, 2.75) is 0 Å². The Morgan fingerprint density at radius 3 is 2.76 bits per heavy atom. The predicted molar refractivity (Wildman–Crippen MR) is 81.9 cm³/mol. The number of rotatable bonds is 4. The van der Waals surface area contributed by atoms with Crippen molar-refractivity contribution in [3.05, 3.63) is 48.5 Å². The molecule has 2 N–H and O–H groups in total. The molecule has 21 heavy (non-hydrogen) atoms. The van der Waals surface area contributed by atoms with E-state index in [4.69, 9.17) is 15.2 Å². The Hall–Kier alpha value is -2.66. The number of nitrogens with zero attached hydrogens (tertiary/aromatic N) is 2. The summed E-state index contributed by atoms with van der Waals surface area (Å²) in [6, 6.07) is 15.1. The smallest absolute Gasteiger partial charge is 0.188 e. The summed E-state index contributed by atoms with van der Waals surface area (Å²) in [5.41, 5.74) is 8.93. The summed E-state index contributed by atoms with van der Waals surface area (Å²) < 4.78 is 10.5. The second-order valence-corrected chi connectivity index (χ2v) is 4.59. The van der Waals surface area contributed by atoms with E-state index in [0.29, 0.717) is 11.4 Å². The van der Waals surface area contributed by atoms with Gasteiger partial charge < -0.3 is 15.2 Å². The van der Waals surface area contributed by atoms with Crippen LogP contribution in [0.3, 0.4) is 0 Å². The van der Waals surface area contributed by atoms with Gasteiger partial charge in [0.25, 0.3) is 0 Å². The third-order valence-corrected chi connectivity index (χ3v) is 3.10. The van der Waals surface area contributed by atoms with Crippen LogP contribution in [0.1, 0.15) is 0 Å². The van der Waals surface area contributed by atoms with Gasteiger partial charge in [0.2, 0.25) is 0 Å². The van der Waals surface area contributed by atoms with Gasteiger partial charge in [0.1, 0.15) is 5.75 Å². The van der Waals surface area contributed by atoms with Crippen LogP contribution in [-0.2, 0) is 4.74 Å². The molecule has 0 fully saturated rings. The van der Waals surface area contributed by atoms with E-state index in [-0.39, 0.29) is 6.79 Å². The minimum atomic E-state index is 0.185. The highest BCUT2D eigenvalue weighted by Gasteiger charge is 2.09. The highest BCUT2D eigenvalue weighted by Crippen LogP contribution is 2.29. The van der Waals surface area contributed by atoms with E-state index < -0.39 is 0 Å². The molecule has 106 valence electrons. The normalized spacial score (nSPS) is 10.7. The summed E-state index contributed by atoms with van der Waals surface area (Å²) in [5, 5.41) is 9.44. The van der Waals surface area contributed by atoms with Gasteiger partial charge in [0.15, 0.2) is 6.79 Å². The number of nitrogen functional groups attached to an aromatic ring is 1. The van der Waals surface area contributed by atoms with E-state index in [1.54, 1.807) is 7.11 Å². The first-order valence-electron chi connectivity index (χ1n) is 6.52. The molecule has 2 aromatic carbocycles. The number of anilines is 1. The van der Waals surface area contributed by atoms with Crippen molar-refractivity contribution in [2.24, 2.45) is 0 Å². The molecule has 0 unspecified atom stereocenters. The van der Waals surface area contributed by atoms with Crippen molar-refractivity contribution < 1.29 is 9.47 Å². The number of nitrogens with two attached hydrogens (primary N) is 1. The average Bonchev–Trinajstić information content (AvgIpc) is 2.52. The number of hydrogen-bond acceptors (Lipinski definition) is 5. The lowest BCUT2D eigenvalue weighted by molar-refractivity contribution is 0.0515. The summed E-state index contributed by atoms with van der Waals surface area (Å²) >= 11 is 0. The van der Waals surface area contributed by atoms with Crippen LogP contribution in [0.15, 0.2) is 48.5 Å². The number of aromatic nitrogens is 2. The molecule has 0 saturated carbocycles. The molecule has 0 spiro atoms. The van der Waals surface area contributed by atoms with E-state index in [1.165, 1.54) is 0 Å². The quantitative estimate of drug-likeness (QED) is 0.588. The molecule has 5 nitrogen and oxygen atoms in total. The van der Waals surface area contributed by atoms with Gasteiger partial charge in [-0.2, -0.15) is 0 Å². The Morgan fingerprint density at radius 2 is 1.90 bits per heavy atom. The van der Waals surface area contributed by atoms with Crippen molar-refractivity contribution in [3.8, 4) is 17.0 Å². The third kappa shape index (κ3) is 2.78. The molecule has 5 heteroatoms. The molecule has 0 aliphatic heterocycles. The molecular weight excluding hydrogens is 266 g/mol. The average molecular weight is 281 g/mol. The second-order valence-electron chi connectivity index (χ2n) is 4.59. The number of benzene rings is 2. The summed E-state index contributed by atoms with van der Waals surface area (Å²) in [5.74, 6) is 0.705. The standard InChI is InChI=1S/C16H15N3O2/c1-20-10-21-16-5-3-2-4-13(16)15-9-11-8-12(17)6-7-14(11)18-19-15/h2-9H,10,17H2,1H3. The minimum Gasteiger partial charge on any atom is -0.467 e. The van der Waals surface area contributed by atoms with Gasteiger partial charge in [-0.25, -0.2) is 0 Å². The maximum absolute atomic E-state index is 5.82. The Morgan fingerprint density at radius 1 is 1.05 bits per heavy atom. The van der Waals surface area contributed by atoms with Crippen molar-refractivity contribution in [2.75, 3.05) is 19.6 Å². The molecule has 0 bridgehead atoms. The molecule has 0 amide bonds. The highest BCUT2D eigenvalue weighted by molar-refractivity contribution is 5.85. The topological polar surface area (TPSA) is 70.3 Å². The lowest BCUT2D eigenvalue weighted by atomic mass is 10.1. The first-order valence-corrected chi connectivity index (χ1v) is 6.52. The van der Waals surface area contributed by atoms with Crippen LogP contribution in [0, 0.1) is 0 Å². The molecule has 3 aromatic rings. The van der Waals surface area contributed by atoms with Crippen LogP contribution in [0.2, 0.25) is 0 Å². The zero-order valence-electron chi connectivity index (χ0n) is 11.6. The lowest BCUT2D eigenvalue weighted by Gasteiger charge is -2.10. The number of ether oxygens (including phenoxy) is 2. The number of para-hydroxylation sites is 1. The lowest BCUT2D eigenvalue weighted by Crippen LogP contribution is -2.01. The molecular formula is C16H15N3O2. The van der Waals surface area contributed by atoms with Crippen molar-refractivity contribution in [1.29, 1.82) is 0 Å². The van der Waals surface area contributed by atoms with Gasteiger partial charge in [0.05, 0.1) is 11.2 Å². The maximum atomic E-state index is 5.82. The van der Waals surface area contributed by atoms with E-state index in [9.17, 15) is 0 Å². The maximum Gasteiger partial charge on any atom is 0.188 e. The Labute approximate surface area is 122 Å². The van der Waals surface area contributed by atoms with E-state index in [1.807, 2.05) is 48.5 Å². The molecule has 0 saturated heterocycles. The minimum absolute atomic E-state index is 0.185. The summed E-state index contributed by atoms with van der Waals surface area (Å²) in [6.45, 7) is 0.185.